The fourth-order valence-corrected chi connectivity index (χ4v) is 5.42. The number of hydrogen-bond acceptors (Lipinski definition) is 10. The number of methoxy groups -OCH3 is 3. The van der Waals surface area contributed by atoms with Crippen molar-refractivity contribution in [1.82, 2.24) is 4.98 Å². The highest BCUT2D eigenvalue weighted by Gasteiger charge is 2.49. The standard InChI is InChI=1S/C25H21BrN2O8S/c1-11-22(24(33)36-4)37-25(27-11)28-18(13-9-15(26)20(30)16(10-13)35-3)17(21(31)23(28)32)19(29)12-6-5-7-14(8-12)34-2/h5-10,18,29-30H,1-4H3/b19-17+. The van der Waals surface area contributed by atoms with Crippen molar-refractivity contribution in [2.24, 2.45) is 0 Å². The van der Waals surface area contributed by atoms with Gasteiger partial charge in [0.15, 0.2) is 16.6 Å². The summed E-state index contributed by atoms with van der Waals surface area (Å²) in [4.78, 5) is 44.6. The molecule has 1 aliphatic rings. The third kappa shape index (κ3) is 4.53. The number of rotatable bonds is 6. The van der Waals surface area contributed by atoms with Gasteiger partial charge >= 0.3 is 11.9 Å². The summed E-state index contributed by atoms with van der Waals surface area (Å²) in [6.45, 7) is 1.58. The van der Waals surface area contributed by atoms with E-state index < -0.39 is 29.5 Å². The Morgan fingerprint density at radius 2 is 1.86 bits per heavy atom. The Kier molecular flexibility index (Phi) is 7.23. The monoisotopic (exact) mass is 588 g/mol. The molecule has 4 rings (SSSR count). The van der Waals surface area contributed by atoms with Crippen molar-refractivity contribution in [3.05, 3.63) is 68.1 Å². The molecule has 1 fully saturated rings. The van der Waals surface area contributed by atoms with Crippen LogP contribution in [0.2, 0.25) is 0 Å². The Morgan fingerprint density at radius 1 is 1.14 bits per heavy atom. The molecule has 12 heteroatoms. The number of aryl methyl sites for hydroxylation is 1. The molecule has 1 saturated heterocycles. The van der Waals surface area contributed by atoms with Crippen LogP contribution in [0.3, 0.4) is 0 Å². The van der Waals surface area contributed by atoms with E-state index in [0.717, 1.165) is 16.2 Å². The van der Waals surface area contributed by atoms with Crippen molar-refractivity contribution in [3.8, 4) is 17.2 Å². The van der Waals surface area contributed by atoms with Crippen molar-refractivity contribution < 1.29 is 38.8 Å². The molecule has 192 valence electrons. The number of nitrogens with zero attached hydrogens (tertiary/aromatic N) is 2. The predicted octanol–water partition coefficient (Wildman–Crippen LogP) is 4.35. The lowest BCUT2D eigenvalue weighted by Gasteiger charge is -2.24. The number of carbonyl (C=O) groups excluding carboxylic acids is 3. The Balaban J connectivity index is 2.00. The summed E-state index contributed by atoms with van der Waals surface area (Å²) in [5.74, 6) is -2.67. The number of hydrogen-bond donors (Lipinski definition) is 2. The second-order valence-corrected chi connectivity index (χ2v) is 9.69. The molecule has 0 bridgehead atoms. The zero-order valence-electron chi connectivity index (χ0n) is 20.1. The minimum Gasteiger partial charge on any atom is -0.507 e. The number of aromatic nitrogens is 1. The Hall–Kier alpha value is -3.90. The predicted molar refractivity (Wildman–Crippen MR) is 138 cm³/mol. The molecule has 1 aromatic heterocycles. The molecule has 1 amide bonds. The molecule has 2 N–H and O–H groups in total. The number of aromatic hydroxyl groups is 1. The van der Waals surface area contributed by atoms with Crippen molar-refractivity contribution in [3.63, 3.8) is 0 Å². The van der Waals surface area contributed by atoms with Crippen LogP contribution in [0, 0.1) is 6.92 Å². The molecule has 0 aliphatic carbocycles. The van der Waals surface area contributed by atoms with Crippen LogP contribution in [0.5, 0.6) is 17.2 Å². The van der Waals surface area contributed by atoms with Gasteiger partial charge in [0.2, 0.25) is 0 Å². The molecule has 10 nitrogen and oxygen atoms in total. The quantitative estimate of drug-likeness (QED) is 0.186. The van der Waals surface area contributed by atoms with Crippen LogP contribution in [0.15, 0.2) is 46.4 Å². The molecule has 1 unspecified atom stereocenters. The molecule has 2 heterocycles. The van der Waals surface area contributed by atoms with E-state index in [4.69, 9.17) is 14.2 Å². The lowest BCUT2D eigenvalue weighted by atomic mass is 9.95. The van der Waals surface area contributed by atoms with E-state index in [-0.39, 0.29) is 37.1 Å². The van der Waals surface area contributed by atoms with E-state index in [1.165, 1.54) is 39.5 Å². The van der Waals surface area contributed by atoms with E-state index in [1.807, 2.05) is 0 Å². The number of thiazole rings is 1. The molecule has 1 aliphatic heterocycles. The number of carbonyl (C=O) groups is 3. The number of Topliss-reactive ketones (excluding diaryl/α,β-unsaturated/α-hetero) is 1. The van der Waals surface area contributed by atoms with Gasteiger partial charge in [-0.25, -0.2) is 9.78 Å². The molecule has 0 saturated carbocycles. The number of ketones is 1. The van der Waals surface area contributed by atoms with Gasteiger partial charge in [-0.1, -0.05) is 23.5 Å². The minimum atomic E-state index is -1.17. The summed E-state index contributed by atoms with van der Waals surface area (Å²) in [6.07, 6.45) is 0. The summed E-state index contributed by atoms with van der Waals surface area (Å²) in [7, 11) is 4.04. The topological polar surface area (TPSA) is 135 Å². The van der Waals surface area contributed by atoms with Gasteiger partial charge in [-0.15, -0.1) is 0 Å². The third-order valence-corrected chi connectivity index (χ3v) is 7.48. The lowest BCUT2D eigenvalue weighted by Crippen LogP contribution is -2.29. The van der Waals surface area contributed by atoms with E-state index in [1.54, 1.807) is 25.1 Å². The average molecular weight is 589 g/mol. The maximum Gasteiger partial charge on any atom is 0.350 e. The van der Waals surface area contributed by atoms with Crippen LogP contribution in [-0.4, -0.2) is 54.2 Å². The zero-order valence-corrected chi connectivity index (χ0v) is 22.5. The second-order valence-electron chi connectivity index (χ2n) is 7.86. The molecule has 1 atom stereocenters. The molecule has 37 heavy (non-hydrogen) atoms. The lowest BCUT2D eigenvalue weighted by molar-refractivity contribution is -0.132. The largest absolute Gasteiger partial charge is 0.507 e. The van der Waals surface area contributed by atoms with Gasteiger partial charge in [0.05, 0.1) is 43.1 Å². The molecule has 0 radical (unpaired) electrons. The number of anilines is 1. The molecule has 0 spiro atoms. The number of phenols is 1. The van der Waals surface area contributed by atoms with Crippen molar-refractivity contribution in [1.29, 1.82) is 0 Å². The first kappa shape index (κ1) is 26.2. The number of benzene rings is 2. The number of phenolic OH excluding ortho intramolecular Hbond substituents is 1. The Bertz CT molecular complexity index is 1460. The highest BCUT2D eigenvalue weighted by atomic mass is 79.9. The number of aliphatic hydroxyl groups excluding tert-OH is 1. The number of amides is 1. The van der Waals surface area contributed by atoms with Crippen LogP contribution in [-0.2, 0) is 14.3 Å². The molecular formula is C25H21BrN2O8S. The van der Waals surface area contributed by atoms with Gasteiger partial charge in [0, 0.05) is 5.56 Å². The normalized spacial score (nSPS) is 16.7. The number of halogens is 1. The summed E-state index contributed by atoms with van der Waals surface area (Å²) in [6, 6.07) is 8.17. The van der Waals surface area contributed by atoms with Crippen LogP contribution >= 0.6 is 27.3 Å². The first-order valence-corrected chi connectivity index (χ1v) is 12.3. The third-order valence-electron chi connectivity index (χ3n) is 5.74. The van der Waals surface area contributed by atoms with E-state index in [2.05, 4.69) is 20.9 Å². The number of ether oxygens (including phenoxy) is 3. The maximum atomic E-state index is 13.4. The molecular weight excluding hydrogens is 568 g/mol. The van der Waals surface area contributed by atoms with E-state index >= 15 is 0 Å². The highest BCUT2D eigenvalue weighted by molar-refractivity contribution is 9.10. The van der Waals surface area contributed by atoms with Crippen LogP contribution in [0.4, 0.5) is 5.13 Å². The fraction of sp³-hybridized carbons (Fsp3) is 0.200. The van der Waals surface area contributed by atoms with E-state index in [0.29, 0.717) is 17.0 Å². The highest BCUT2D eigenvalue weighted by Crippen LogP contribution is 2.47. The van der Waals surface area contributed by atoms with E-state index in [9.17, 15) is 24.6 Å². The van der Waals surface area contributed by atoms with Crippen LogP contribution in [0.1, 0.15) is 32.5 Å². The van der Waals surface area contributed by atoms with Gasteiger partial charge in [0.1, 0.15) is 16.4 Å². The minimum absolute atomic E-state index is 0.0536. The smallest absolute Gasteiger partial charge is 0.350 e. The van der Waals surface area contributed by atoms with Crippen molar-refractivity contribution in [2.75, 3.05) is 26.2 Å². The SMILES string of the molecule is COC(=O)c1sc(N2C(=O)C(=O)/C(=C(/O)c3cccc(OC)c3)C2c2cc(Br)c(O)c(OC)c2)nc1C. The summed E-state index contributed by atoms with van der Waals surface area (Å²) < 4.78 is 15.5. The van der Waals surface area contributed by atoms with Crippen molar-refractivity contribution >= 4 is 55.8 Å². The average Bonchev–Trinajstić information content (AvgIpc) is 3.41. The van der Waals surface area contributed by atoms with Crippen LogP contribution < -0.4 is 14.4 Å². The van der Waals surface area contributed by atoms with Crippen molar-refractivity contribution in [2.45, 2.75) is 13.0 Å². The fourth-order valence-electron chi connectivity index (χ4n) is 3.95. The molecule has 3 aromatic rings. The van der Waals surface area contributed by atoms with Gasteiger partial charge in [-0.2, -0.15) is 0 Å². The summed E-state index contributed by atoms with van der Waals surface area (Å²) >= 11 is 4.15. The van der Waals surface area contributed by atoms with Gasteiger partial charge < -0.3 is 24.4 Å². The first-order chi connectivity index (χ1) is 17.6. The maximum absolute atomic E-state index is 13.4. The summed E-state index contributed by atoms with van der Waals surface area (Å²) in [5.41, 5.74) is 0.672. The molecule has 2 aromatic carbocycles. The Labute approximate surface area is 223 Å². The Morgan fingerprint density at radius 3 is 2.51 bits per heavy atom. The zero-order chi connectivity index (χ0) is 27.0. The van der Waals surface area contributed by atoms with Gasteiger partial charge in [0.25, 0.3) is 5.78 Å². The van der Waals surface area contributed by atoms with Gasteiger partial charge in [-0.05, 0) is 52.7 Å². The van der Waals surface area contributed by atoms with Crippen LogP contribution in [0.25, 0.3) is 5.76 Å². The number of esters is 1. The first-order valence-electron chi connectivity index (χ1n) is 10.7. The summed E-state index contributed by atoms with van der Waals surface area (Å²) in [5, 5.41) is 21.7. The second kappa shape index (κ2) is 10.2. The van der Waals surface area contributed by atoms with Gasteiger partial charge in [-0.3, -0.25) is 14.5 Å². The number of aliphatic hydroxyl groups is 1.